The molecule has 0 unspecified atom stereocenters. The van der Waals surface area contributed by atoms with Crippen LogP contribution in [-0.2, 0) is 6.42 Å². The van der Waals surface area contributed by atoms with Crippen molar-refractivity contribution in [1.82, 2.24) is 9.55 Å². The molecule has 5 heteroatoms. The largest absolute Gasteiger partial charge is 0.293 e. The van der Waals surface area contributed by atoms with E-state index in [4.69, 9.17) is 4.98 Å². The minimum atomic E-state index is -0.174. The Labute approximate surface area is 143 Å². The van der Waals surface area contributed by atoms with Gasteiger partial charge in [-0.2, -0.15) is 0 Å². The molecule has 3 aromatic rings. The number of hydrogen-bond donors (Lipinski definition) is 0. The van der Waals surface area contributed by atoms with Crippen molar-refractivity contribution < 1.29 is 0 Å². The summed E-state index contributed by atoms with van der Waals surface area (Å²) in [7, 11) is 0. The topological polar surface area (TPSA) is 52.0 Å². The van der Waals surface area contributed by atoms with Crippen LogP contribution in [0.25, 0.3) is 20.3 Å². The average molecular weight is 340 g/mol. The second kappa shape index (κ2) is 6.13. The van der Waals surface area contributed by atoms with Gasteiger partial charge in [0.1, 0.15) is 16.0 Å². The van der Waals surface area contributed by atoms with Crippen LogP contribution in [-0.4, -0.2) is 9.55 Å². The van der Waals surface area contributed by atoms with Gasteiger partial charge >= 0.3 is 0 Å². The van der Waals surface area contributed by atoms with E-state index in [1.807, 2.05) is 22.8 Å². The van der Waals surface area contributed by atoms with Crippen LogP contribution in [0, 0.1) is 0 Å². The molecule has 124 valence electrons. The van der Waals surface area contributed by atoms with Crippen molar-refractivity contribution in [3.05, 3.63) is 50.7 Å². The second-order valence-corrected chi connectivity index (χ2v) is 7.53. The predicted octanol–water partition coefficient (Wildman–Crippen LogP) is 4.04. The van der Waals surface area contributed by atoms with Crippen molar-refractivity contribution in [2.75, 3.05) is 0 Å². The number of nitrogens with zero attached hydrogens (tertiary/aromatic N) is 2. The summed E-state index contributed by atoms with van der Waals surface area (Å²) < 4.78 is 2.73. The number of aryl methyl sites for hydroxylation is 1. The molecule has 0 N–H and O–H groups in total. The Bertz CT molecular complexity index is 1030. The van der Waals surface area contributed by atoms with Crippen molar-refractivity contribution in [3.8, 4) is 0 Å². The van der Waals surface area contributed by atoms with E-state index in [0.717, 1.165) is 49.0 Å². The van der Waals surface area contributed by atoms with E-state index in [-0.39, 0.29) is 22.4 Å². The first-order valence-electron chi connectivity index (χ1n) is 8.67. The van der Waals surface area contributed by atoms with Crippen molar-refractivity contribution in [2.24, 2.45) is 0 Å². The van der Waals surface area contributed by atoms with Gasteiger partial charge < -0.3 is 0 Å². The monoisotopic (exact) mass is 340 g/mol. The van der Waals surface area contributed by atoms with Gasteiger partial charge in [-0.3, -0.25) is 14.2 Å². The predicted molar refractivity (Wildman–Crippen MR) is 99.2 cm³/mol. The highest BCUT2D eigenvalue weighted by Crippen LogP contribution is 2.30. The molecule has 1 aromatic carbocycles. The highest BCUT2D eigenvalue weighted by molar-refractivity contribution is 7.24. The lowest BCUT2D eigenvalue weighted by atomic mass is 10.2. The molecule has 2 aromatic heterocycles. The van der Waals surface area contributed by atoms with Crippen LogP contribution in [0.4, 0.5) is 0 Å². The zero-order chi connectivity index (χ0) is 16.7. The van der Waals surface area contributed by atoms with E-state index in [1.165, 1.54) is 11.3 Å². The molecular formula is C19H20N2O2S. The number of benzene rings is 1. The molecule has 0 aliphatic heterocycles. The van der Waals surface area contributed by atoms with Crippen LogP contribution < -0.4 is 11.0 Å². The Kier molecular flexibility index (Phi) is 3.96. The summed E-state index contributed by atoms with van der Waals surface area (Å²) in [6.45, 7) is 2.10. The van der Waals surface area contributed by atoms with E-state index in [9.17, 15) is 9.59 Å². The maximum atomic E-state index is 13.2. The SMILES string of the molecule is CCCc1nc2sc3ccccc3c(=O)c2c(=O)n1C1CCCC1. The molecule has 0 amide bonds. The van der Waals surface area contributed by atoms with Gasteiger partial charge in [-0.1, -0.05) is 31.9 Å². The molecular weight excluding hydrogens is 320 g/mol. The summed E-state index contributed by atoms with van der Waals surface area (Å²) in [5, 5.41) is 0.889. The molecule has 1 aliphatic rings. The zero-order valence-electron chi connectivity index (χ0n) is 13.7. The van der Waals surface area contributed by atoms with E-state index in [1.54, 1.807) is 6.07 Å². The second-order valence-electron chi connectivity index (χ2n) is 6.50. The van der Waals surface area contributed by atoms with Gasteiger partial charge in [0.25, 0.3) is 5.56 Å². The fourth-order valence-corrected chi connectivity index (χ4v) is 4.80. The Balaban J connectivity index is 2.10. The van der Waals surface area contributed by atoms with Gasteiger partial charge in [-0.25, -0.2) is 4.98 Å². The standard InChI is InChI=1S/C19H20N2O2S/c1-2-7-15-20-18-16(19(23)21(15)12-8-3-4-9-12)17(22)13-10-5-6-11-14(13)24-18/h5-6,10-12H,2-4,7-9H2,1H3. The van der Waals surface area contributed by atoms with Gasteiger partial charge in [0, 0.05) is 22.5 Å². The minimum absolute atomic E-state index is 0.137. The molecule has 0 radical (unpaired) electrons. The number of fused-ring (bicyclic) bond motifs is 2. The van der Waals surface area contributed by atoms with Gasteiger partial charge in [0.2, 0.25) is 5.43 Å². The van der Waals surface area contributed by atoms with Crippen molar-refractivity contribution in [2.45, 2.75) is 51.5 Å². The molecule has 0 spiro atoms. The highest BCUT2D eigenvalue weighted by atomic mass is 32.1. The maximum absolute atomic E-state index is 13.2. The molecule has 1 saturated carbocycles. The van der Waals surface area contributed by atoms with Gasteiger partial charge in [0.15, 0.2) is 0 Å². The average Bonchev–Trinajstić information content (AvgIpc) is 3.09. The first-order chi connectivity index (χ1) is 11.7. The molecule has 4 rings (SSSR count). The Hall–Kier alpha value is -2.01. The van der Waals surface area contributed by atoms with Crippen LogP contribution in [0.3, 0.4) is 0 Å². The van der Waals surface area contributed by atoms with E-state index < -0.39 is 0 Å². The van der Waals surface area contributed by atoms with Gasteiger partial charge in [-0.15, -0.1) is 11.3 Å². The molecule has 1 fully saturated rings. The van der Waals surface area contributed by atoms with Crippen LogP contribution in [0.5, 0.6) is 0 Å². The Morgan fingerprint density at radius 3 is 2.71 bits per heavy atom. The molecule has 0 bridgehead atoms. The van der Waals surface area contributed by atoms with Crippen LogP contribution in [0.1, 0.15) is 50.9 Å². The third-order valence-electron chi connectivity index (χ3n) is 4.88. The first-order valence-corrected chi connectivity index (χ1v) is 9.49. The highest BCUT2D eigenvalue weighted by Gasteiger charge is 2.24. The summed E-state index contributed by atoms with van der Waals surface area (Å²) in [5.74, 6) is 0.841. The molecule has 2 heterocycles. The number of rotatable bonds is 3. The number of hydrogen-bond acceptors (Lipinski definition) is 4. The molecule has 1 aliphatic carbocycles. The van der Waals surface area contributed by atoms with E-state index in [2.05, 4.69) is 6.92 Å². The smallest absolute Gasteiger partial charge is 0.266 e. The lowest BCUT2D eigenvalue weighted by Gasteiger charge is -2.18. The molecule has 24 heavy (non-hydrogen) atoms. The fraction of sp³-hybridized carbons (Fsp3) is 0.421. The van der Waals surface area contributed by atoms with Crippen molar-refractivity contribution in [3.63, 3.8) is 0 Å². The number of aromatic nitrogens is 2. The first kappa shape index (κ1) is 15.5. The zero-order valence-corrected chi connectivity index (χ0v) is 14.6. The lowest BCUT2D eigenvalue weighted by molar-refractivity contribution is 0.474. The Morgan fingerprint density at radius 1 is 1.21 bits per heavy atom. The van der Waals surface area contributed by atoms with E-state index >= 15 is 0 Å². The van der Waals surface area contributed by atoms with Gasteiger partial charge in [0.05, 0.1) is 0 Å². The van der Waals surface area contributed by atoms with Crippen molar-refractivity contribution in [1.29, 1.82) is 0 Å². The lowest BCUT2D eigenvalue weighted by Crippen LogP contribution is -2.31. The maximum Gasteiger partial charge on any atom is 0.266 e. The minimum Gasteiger partial charge on any atom is -0.293 e. The van der Waals surface area contributed by atoms with Crippen molar-refractivity contribution >= 4 is 31.6 Å². The normalized spacial score (nSPS) is 15.5. The van der Waals surface area contributed by atoms with Crippen LogP contribution in [0.15, 0.2) is 33.9 Å². The summed E-state index contributed by atoms with van der Waals surface area (Å²) >= 11 is 1.45. The molecule has 0 atom stereocenters. The Morgan fingerprint density at radius 2 is 1.96 bits per heavy atom. The summed E-state index contributed by atoms with van der Waals surface area (Å²) in [5.41, 5.74) is -0.311. The quantitative estimate of drug-likeness (QED) is 0.676. The summed E-state index contributed by atoms with van der Waals surface area (Å²) in [6, 6.07) is 7.68. The third kappa shape index (κ3) is 2.38. The summed E-state index contributed by atoms with van der Waals surface area (Å²) in [6.07, 6.45) is 6.02. The fourth-order valence-electron chi connectivity index (χ4n) is 3.75. The van der Waals surface area contributed by atoms with Crippen LogP contribution in [0.2, 0.25) is 0 Å². The van der Waals surface area contributed by atoms with Gasteiger partial charge in [-0.05, 0) is 31.4 Å². The molecule has 4 nitrogen and oxygen atoms in total. The van der Waals surface area contributed by atoms with Crippen LogP contribution >= 0.6 is 11.3 Å². The molecule has 0 saturated heterocycles. The summed E-state index contributed by atoms with van der Waals surface area (Å²) in [4.78, 5) is 31.5. The third-order valence-corrected chi connectivity index (χ3v) is 5.95. The van der Waals surface area contributed by atoms with E-state index in [0.29, 0.717) is 10.2 Å².